The van der Waals surface area contributed by atoms with Crippen LogP contribution in [0.1, 0.15) is 24.5 Å². The minimum absolute atomic E-state index is 0.697. The molecule has 0 N–H and O–H groups in total. The van der Waals surface area contributed by atoms with Crippen molar-refractivity contribution in [1.29, 1.82) is 0 Å². The number of hydrogen-bond acceptors (Lipinski definition) is 2. The largest absolute Gasteiger partial charge is 0.494 e. The average Bonchev–Trinajstić information content (AvgIpc) is 2.47. The van der Waals surface area contributed by atoms with Crippen molar-refractivity contribution in [3.8, 4) is 22.6 Å². The molecule has 0 saturated heterocycles. The zero-order valence-corrected chi connectivity index (χ0v) is 12.1. The Morgan fingerprint density at radius 3 is 2.85 bits per heavy atom. The van der Waals surface area contributed by atoms with Crippen molar-refractivity contribution in [2.24, 2.45) is 0 Å². The summed E-state index contributed by atoms with van der Waals surface area (Å²) in [6.07, 6.45) is 2.22. The van der Waals surface area contributed by atoms with Crippen LogP contribution in [-0.4, -0.2) is 13.2 Å². The normalized spacial score (nSPS) is 13.5. The second-order valence-corrected chi connectivity index (χ2v) is 5.16. The molecule has 2 aromatic carbocycles. The van der Waals surface area contributed by atoms with E-state index in [-0.39, 0.29) is 0 Å². The number of hydrogen-bond donors (Lipinski definition) is 0. The van der Waals surface area contributed by atoms with E-state index in [9.17, 15) is 0 Å². The molecule has 0 fully saturated rings. The fourth-order valence-electron chi connectivity index (χ4n) is 2.80. The third-order valence-corrected chi connectivity index (χ3v) is 3.73. The van der Waals surface area contributed by atoms with Crippen molar-refractivity contribution in [1.82, 2.24) is 0 Å². The van der Waals surface area contributed by atoms with Gasteiger partial charge in [-0.1, -0.05) is 24.3 Å². The summed E-state index contributed by atoms with van der Waals surface area (Å²) in [7, 11) is 0. The first kappa shape index (κ1) is 13.0. The molecule has 2 heteroatoms. The van der Waals surface area contributed by atoms with Gasteiger partial charge >= 0.3 is 0 Å². The predicted molar refractivity (Wildman–Crippen MR) is 81.6 cm³/mol. The molecule has 104 valence electrons. The molecule has 0 atom stereocenters. The van der Waals surface area contributed by atoms with E-state index in [1.807, 2.05) is 13.0 Å². The highest BCUT2D eigenvalue weighted by Crippen LogP contribution is 2.38. The number of para-hydroxylation sites is 1. The third-order valence-electron chi connectivity index (χ3n) is 3.73. The summed E-state index contributed by atoms with van der Waals surface area (Å²) in [6, 6.07) is 12.7. The van der Waals surface area contributed by atoms with E-state index in [0.717, 1.165) is 30.9 Å². The molecule has 2 aromatic rings. The molecular weight excluding hydrogens is 248 g/mol. The zero-order chi connectivity index (χ0) is 13.9. The molecule has 1 aliphatic heterocycles. The molecule has 0 spiro atoms. The van der Waals surface area contributed by atoms with Crippen LogP contribution in [0.4, 0.5) is 0 Å². The van der Waals surface area contributed by atoms with E-state index in [1.165, 1.54) is 22.3 Å². The number of ether oxygens (including phenoxy) is 2. The van der Waals surface area contributed by atoms with E-state index in [2.05, 4.69) is 37.3 Å². The molecule has 0 bridgehead atoms. The molecule has 0 amide bonds. The summed E-state index contributed by atoms with van der Waals surface area (Å²) in [5.41, 5.74) is 4.97. The van der Waals surface area contributed by atoms with Gasteiger partial charge in [0.1, 0.15) is 11.5 Å². The lowest BCUT2D eigenvalue weighted by molar-refractivity contribution is 0.289. The SMILES string of the molecule is CCOc1ccc(-c2cccc3c2OCCC3)c(C)c1. The monoisotopic (exact) mass is 268 g/mol. The highest BCUT2D eigenvalue weighted by molar-refractivity contribution is 5.75. The lowest BCUT2D eigenvalue weighted by Gasteiger charge is -2.21. The van der Waals surface area contributed by atoms with Crippen LogP contribution in [0.2, 0.25) is 0 Å². The third kappa shape index (κ3) is 2.38. The highest BCUT2D eigenvalue weighted by atomic mass is 16.5. The van der Waals surface area contributed by atoms with Crippen LogP contribution in [0.15, 0.2) is 36.4 Å². The van der Waals surface area contributed by atoms with E-state index in [1.54, 1.807) is 0 Å². The zero-order valence-electron chi connectivity index (χ0n) is 12.1. The van der Waals surface area contributed by atoms with Crippen LogP contribution in [0.3, 0.4) is 0 Å². The maximum Gasteiger partial charge on any atom is 0.130 e. The molecule has 0 radical (unpaired) electrons. The van der Waals surface area contributed by atoms with E-state index < -0.39 is 0 Å². The molecule has 0 unspecified atom stereocenters. The van der Waals surface area contributed by atoms with Gasteiger partial charge in [0.2, 0.25) is 0 Å². The Bertz CT molecular complexity index is 617. The second-order valence-electron chi connectivity index (χ2n) is 5.16. The average molecular weight is 268 g/mol. The smallest absolute Gasteiger partial charge is 0.130 e. The quantitative estimate of drug-likeness (QED) is 0.822. The molecule has 3 rings (SSSR count). The highest BCUT2D eigenvalue weighted by Gasteiger charge is 2.16. The van der Waals surface area contributed by atoms with Crippen LogP contribution in [0.5, 0.6) is 11.5 Å². The van der Waals surface area contributed by atoms with Gasteiger partial charge in [-0.25, -0.2) is 0 Å². The van der Waals surface area contributed by atoms with Crippen molar-refractivity contribution in [2.45, 2.75) is 26.7 Å². The maximum atomic E-state index is 5.91. The van der Waals surface area contributed by atoms with Gasteiger partial charge in [0.25, 0.3) is 0 Å². The Hall–Kier alpha value is -1.96. The van der Waals surface area contributed by atoms with Gasteiger partial charge in [-0.05, 0) is 55.5 Å². The standard InChI is InChI=1S/C18H20O2/c1-3-19-15-9-10-16(13(2)12-15)17-8-4-6-14-7-5-11-20-18(14)17/h4,6,8-10,12H,3,5,7,11H2,1-2H3. The van der Waals surface area contributed by atoms with Gasteiger partial charge in [-0.15, -0.1) is 0 Å². The minimum atomic E-state index is 0.697. The lowest BCUT2D eigenvalue weighted by Crippen LogP contribution is -2.09. The summed E-state index contributed by atoms with van der Waals surface area (Å²) in [5, 5.41) is 0. The Balaban J connectivity index is 2.05. The van der Waals surface area contributed by atoms with Crippen LogP contribution >= 0.6 is 0 Å². The second kappa shape index (κ2) is 5.58. The summed E-state index contributed by atoms with van der Waals surface area (Å²) in [6.45, 7) is 5.65. The van der Waals surface area contributed by atoms with Crippen molar-refractivity contribution in [2.75, 3.05) is 13.2 Å². The fraction of sp³-hybridized carbons (Fsp3) is 0.333. The van der Waals surface area contributed by atoms with Crippen LogP contribution in [0.25, 0.3) is 11.1 Å². The van der Waals surface area contributed by atoms with E-state index in [4.69, 9.17) is 9.47 Å². The van der Waals surface area contributed by atoms with Crippen LogP contribution in [-0.2, 0) is 6.42 Å². The van der Waals surface area contributed by atoms with Crippen LogP contribution in [0, 0.1) is 6.92 Å². The molecule has 2 nitrogen and oxygen atoms in total. The Morgan fingerprint density at radius 2 is 2.05 bits per heavy atom. The predicted octanol–water partition coefficient (Wildman–Crippen LogP) is 4.39. The van der Waals surface area contributed by atoms with Crippen LogP contribution < -0.4 is 9.47 Å². The molecule has 20 heavy (non-hydrogen) atoms. The van der Waals surface area contributed by atoms with Gasteiger partial charge in [-0.3, -0.25) is 0 Å². The summed E-state index contributed by atoms with van der Waals surface area (Å²) in [5.74, 6) is 1.99. The Kier molecular flexibility index (Phi) is 3.64. The van der Waals surface area contributed by atoms with E-state index in [0.29, 0.717) is 6.61 Å². The summed E-state index contributed by atoms with van der Waals surface area (Å²) < 4.78 is 11.5. The number of rotatable bonds is 3. The van der Waals surface area contributed by atoms with Crippen molar-refractivity contribution >= 4 is 0 Å². The van der Waals surface area contributed by atoms with Crippen molar-refractivity contribution in [3.05, 3.63) is 47.5 Å². The Morgan fingerprint density at radius 1 is 1.15 bits per heavy atom. The minimum Gasteiger partial charge on any atom is -0.494 e. The first-order valence-corrected chi connectivity index (χ1v) is 7.28. The van der Waals surface area contributed by atoms with Gasteiger partial charge in [-0.2, -0.15) is 0 Å². The van der Waals surface area contributed by atoms with Gasteiger partial charge in [0.05, 0.1) is 13.2 Å². The Labute approximate surface area is 120 Å². The molecule has 1 heterocycles. The van der Waals surface area contributed by atoms with Crippen molar-refractivity contribution in [3.63, 3.8) is 0 Å². The van der Waals surface area contributed by atoms with Gasteiger partial charge < -0.3 is 9.47 Å². The molecule has 0 saturated carbocycles. The summed E-state index contributed by atoms with van der Waals surface area (Å²) >= 11 is 0. The molecule has 0 aromatic heterocycles. The molecule has 0 aliphatic carbocycles. The van der Waals surface area contributed by atoms with E-state index >= 15 is 0 Å². The number of benzene rings is 2. The topological polar surface area (TPSA) is 18.5 Å². The summed E-state index contributed by atoms with van der Waals surface area (Å²) in [4.78, 5) is 0. The van der Waals surface area contributed by atoms with Gasteiger partial charge in [0, 0.05) is 5.56 Å². The molecule has 1 aliphatic rings. The number of aryl methyl sites for hydroxylation is 2. The first-order valence-electron chi connectivity index (χ1n) is 7.28. The number of fused-ring (bicyclic) bond motifs is 1. The van der Waals surface area contributed by atoms with Gasteiger partial charge in [0.15, 0.2) is 0 Å². The fourth-order valence-corrected chi connectivity index (χ4v) is 2.80. The lowest BCUT2D eigenvalue weighted by atomic mass is 9.95. The van der Waals surface area contributed by atoms with Crippen molar-refractivity contribution < 1.29 is 9.47 Å². The molecular formula is C18H20O2. The maximum absolute atomic E-state index is 5.91. The first-order chi connectivity index (χ1) is 9.79.